The highest BCUT2D eigenvalue weighted by molar-refractivity contribution is 7.21. The van der Waals surface area contributed by atoms with Crippen LogP contribution in [0.4, 0.5) is 18.9 Å². The van der Waals surface area contributed by atoms with Crippen LogP contribution >= 0.6 is 11.3 Å². The zero-order chi connectivity index (χ0) is 17.6. The first kappa shape index (κ1) is 17.0. The van der Waals surface area contributed by atoms with Crippen molar-refractivity contribution in [3.63, 3.8) is 0 Å². The predicted octanol–water partition coefficient (Wildman–Crippen LogP) is 3.99. The Morgan fingerprint density at radius 2 is 2.12 bits per heavy atom. The molecule has 1 aliphatic carbocycles. The molecule has 24 heavy (non-hydrogen) atoms. The predicted molar refractivity (Wildman–Crippen MR) is 88.1 cm³/mol. The highest BCUT2D eigenvalue weighted by atomic mass is 32.1. The Balaban J connectivity index is 2.14. The lowest BCUT2D eigenvalue weighted by molar-refractivity contribution is -0.136. The third-order valence-corrected chi connectivity index (χ3v) is 4.89. The molecule has 1 fully saturated rings. The number of halogens is 3. The molecule has 0 aliphatic heterocycles. The number of fused-ring (bicyclic) bond motifs is 1. The van der Waals surface area contributed by atoms with Crippen LogP contribution < -0.4 is 11.1 Å². The lowest BCUT2D eigenvalue weighted by Gasteiger charge is -2.12. The lowest BCUT2D eigenvalue weighted by atomic mass is 10.0. The fourth-order valence-electron chi connectivity index (χ4n) is 2.57. The number of nitrogens with one attached hydrogen (secondary N) is 1. The highest BCUT2D eigenvalue weighted by Gasteiger charge is 2.36. The van der Waals surface area contributed by atoms with Crippen molar-refractivity contribution in [3.8, 4) is 0 Å². The first-order chi connectivity index (χ1) is 11.2. The number of hydrogen-bond donors (Lipinski definition) is 2. The van der Waals surface area contributed by atoms with Crippen LogP contribution in [-0.2, 0) is 12.6 Å². The van der Waals surface area contributed by atoms with Gasteiger partial charge >= 0.3 is 6.18 Å². The van der Waals surface area contributed by atoms with Gasteiger partial charge in [0, 0.05) is 17.1 Å². The molecule has 1 amide bonds. The van der Waals surface area contributed by atoms with Gasteiger partial charge in [-0.2, -0.15) is 13.2 Å². The average Bonchev–Trinajstić information content (AvgIpc) is 3.19. The van der Waals surface area contributed by atoms with Gasteiger partial charge in [0.25, 0.3) is 5.91 Å². The van der Waals surface area contributed by atoms with Crippen LogP contribution in [0.5, 0.6) is 0 Å². The van der Waals surface area contributed by atoms with Gasteiger partial charge in [-0.3, -0.25) is 4.79 Å². The van der Waals surface area contributed by atoms with Crippen molar-refractivity contribution >= 4 is 33.1 Å². The third kappa shape index (κ3) is 3.33. The molecule has 0 spiro atoms. The fraction of sp³-hybridized carbons (Fsp3) is 0.500. The molecule has 130 valence electrons. The molecular formula is C16H18F3N3OS. The van der Waals surface area contributed by atoms with Gasteiger partial charge in [-0.15, -0.1) is 11.3 Å². The van der Waals surface area contributed by atoms with E-state index in [1.54, 1.807) is 0 Å². The summed E-state index contributed by atoms with van der Waals surface area (Å²) in [6.45, 7) is 3.83. The molecule has 2 aromatic rings. The van der Waals surface area contributed by atoms with Gasteiger partial charge in [0.15, 0.2) is 0 Å². The maximum absolute atomic E-state index is 13.5. The van der Waals surface area contributed by atoms with E-state index >= 15 is 0 Å². The second-order valence-corrected chi connectivity index (χ2v) is 7.53. The smallest absolute Gasteiger partial charge is 0.397 e. The Morgan fingerprint density at radius 3 is 2.67 bits per heavy atom. The second kappa shape index (κ2) is 5.91. The molecule has 3 N–H and O–H groups in total. The molecule has 8 heteroatoms. The molecule has 0 unspecified atom stereocenters. The molecule has 2 aromatic heterocycles. The van der Waals surface area contributed by atoms with Gasteiger partial charge in [-0.05, 0) is 31.2 Å². The van der Waals surface area contributed by atoms with E-state index in [4.69, 9.17) is 5.73 Å². The summed E-state index contributed by atoms with van der Waals surface area (Å²) in [6, 6.07) is 1.15. The summed E-state index contributed by atoms with van der Waals surface area (Å²) < 4.78 is 40.4. The van der Waals surface area contributed by atoms with Crippen molar-refractivity contribution in [2.24, 2.45) is 5.92 Å². The van der Waals surface area contributed by atoms with Crippen molar-refractivity contribution in [3.05, 3.63) is 22.2 Å². The molecule has 3 rings (SSSR count). The zero-order valence-corrected chi connectivity index (χ0v) is 14.1. The summed E-state index contributed by atoms with van der Waals surface area (Å²) in [5, 5.41) is 2.59. The number of aromatic nitrogens is 1. The van der Waals surface area contributed by atoms with Crippen LogP contribution in [0.25, 0.3) is 10.2 Å². The molecule has 1 aliphatic rings. The first-order valence-corrected chi connectivity index (χ1v) is 8.58. The number of carbonyl (C=O) groups excluding carboxylic acids is 1. The molecule has 0 atom stereocenters. The Kier molecular flexibility index (Phi) is 4.19. The van der Waals surface area contributed by atoms with Crippen molar-refractivity contribution in [1.29, 1.82) is 0 Å². The molecule has 0 saturated heterocycles. The van der Waals surface area contributed by atoms with Crippen LogP contribution in [0.3, 0.4) is 0 Å². The van der Waals surface area contributed by atoms with Gasteiger partial charge in [-0.1, -0.05) is 13.8 Å². The number of anilines is 1. The van der Waals surface area contributed by atoms with Crippen molar-refractivity contribution in [2.75, 3.05) is 5.73 Å². The van der Waals surface area contributed by atoms with Gasteiger partial charge in [0.2, 0.25) is 0 Å². The minimum absolute atomic E-state index is 0.105. The normalized spacial score (nSPS) is 15.2. The van der Waals surface area contributed by atoms with Crippen LogP contribution in [0.2, 0.25) is 0 Å². The maximum atomic E-state index is 13.5. The molecule has 4 nitrogen and oxygen atoms in total. The van der Waals surface area contributed by atoms with E-state index in [9.17, 15) is 18.0 Å². The van der Waals surface area contributed by atoms with Gasteiger partial charge in [-0.25, -0.2) is 4.98 Å². The van der Waals surface area contributed by atoms with E-state index in [-0.39, 0.29) is 32.7 Å². The maximum Gasteiger partial charge on any atom is 0.417 e. The van der Waals surface area contributed by atoms with Crippen molar-refractivity contribution in [1.82, 2.24) is 10.3 Å². The Morgan fingerprint density at radius 1 is 1.46 bits per heavy atom. The number of carbonyl (C=O) groups is 1. The minimum Gasteiger partial charge on any atom is -0.397 e. The second-order valence-electron chi connectivity index (χ2n) is 6.53. The Labute approximate surface area is 141 Å². The summed E-state index contributed by atoms with van der Waals surface area (Å²) in [4.78, 5) is 16.8. The zero-order valence-electron chi connectivity index (χ0n) is 13.3. The standard InChI is InChI=1S/C16H18F3N3OS/c1-7(2)5-9-6-10(16(17,18)19)11-12(20)13(24-15(11)22-9)14(23)21-8-3-4-8/h6-8H,3-5,20H2,1-2H3,(H,21,23). The number of rotatable bonds is 4. The lowest BCUT2D eigenvalue weighted by Crippen LogP contribution is -2.25. The molecule has 1 saturated carbocycles. The first-order valence-electron chi connectivity index (χ1n) is 7.76. The highest BCUT2D eigenvalue weighted by Crippen LogP contribution is 2.42. The Bertz CT molecular complexity index is 794. The number of nitrogen functional groups attached to an aromatic ring is 1. The quantitative estimate of drug-likeness (QED) is 0.869. The van der Waals surface area contributed by atoms with Crippen LogP contribution in [0.15, 0.2) is 6.07 Å². The molecule has 0 radical (unpaired) electrons. The number of nitrogens with zero attached hydrogens (tertiary/aromatic N) is 1. The van der Waals surface area contributed by atoms with E-state index in [0.717, 1.165) is 30.2 Å². The number of thiophene rings is 1. The summed E-state index contributed by atoms with van der Waals surface area (Å²) in [7, 11) is 0. The van der Waals surface area contributed by atoms with Gasteiger partial charge < -0.3 is 11.1 Å². The number of pyridine rings is 1. The largest absolute Gasteiger partial charge is 0.417 e. The summed E-state index contributed by atoms with van der Waals surface area (Å²) in [6.07, 6.45) is -2.34. The topological polar surface area (TPSA) is 68.0 Å². The number of alkyl halides is 3. The SMILES string of the molecule is CC(C)Cc1cc(C(F)(F)F)c2c(N)c(C(=O)NC3CC3)sc2n1. The van der Waals surface area contributed by atoms with Gasteiger partial charge in [0.1, 0.15) is 9.71 Å². The molecule has 0 aromatic carbocycles. The van der Waals surface area contributed by atoms with E-state index in [1.165, 1.54) is 0 Å². The number of hydrogen-bond acceptors (Lipinski definition) is 4. The van der Waals surface area contributed by atoms with Crippen LogP contribution in [0, 0.1) is 5.92 Å². The summed E-state index contributed by atoms with van der Waals surface area (Å²) >= 11 is 0.925. The van der Waals surface area contributed by atoms with Crippen molar-refractivity contribution in [2.45, 2.75) is 45.3 Å². The van der Waals surface area contributed by atoms with E-state index in [1.807, 2.05) is 13.8 Å². The third-order valence-electron chi connectivity index (χ3n) is 3.79. The minimum atomic E-state index is -4.55. The molecule has 2 heterocycles. The van der Waals surface area contributed by atoms with E-state index in [0.29, 0.717) is 12.1 Å². The Hall–Kier alpha value is -1.83. The van der Waals surface area contributed by atoms with E-state index in [2.05, 4.69) is 10.3 Å². The fourth-order valence-corrected chi connectivity index (χ4v) is 3.61. The summed E-state index contributed by atoms with van der Waals surface area (Å²) in [5.74, 6) is -0.248. The van der Waals surface area contributed by atoms with Crippen LogP contribution in [0.1, 0.15) is 47.6 Å². The average molecular weight is 357 g/mol. The number of amides is 1. The number of nitrogens with two attached hydrogens (primary N) is 1. The van der Waals surface area contributed by atoms with Crippen molar-refractivity contribution < 1.29 is 18.0 Å². The monoisotopic (exact) mass is 357 g/mol. The van der Waals surface area contributed by atoms with Crippen LogP contribution in [-0.4, -0.2) is 16.9 Å². The molecule has 0 bridgehead atoms. The van der Waals surface area contributed by atoms with E-state index < -0.39 is 17.6 Å². The van der Waals surface area contributed by atoms with Gasteiger partial charge in [0.05, 0.1) is 11.3 Å². The summed E-state index contributed by atoms with van der Waals surface area (Å²) in [5.41, 5.74) is 5.30. The molecular weight excluding hydrogens is 339 g/mol.